The first-order chi connectivity index (χ1) is 11.7. The molecule has 1 N–H and O–H groups in total. The molecule has 4 rings (SSSR count). The molecule has 2 aromatic heterocycles. The van der Waals surface area contributed by atoms with Crippen LogP contribution in [0, 0.1) is 0 Å². The number of hydrogen-bond acceptors (Lipinski definition) is 4. The maximum atomic E-state index is 11.8. The first-order valence-corrected chi connectivity index (χ1v) is 8.25. The Balaban J connectivity index is 1.78. The van der Waals surface area contributed by atoms with E-state index in [0.29, 0.717) is 11.4 Å². The predicted octanol–water partition coefficient (Wildman–Crippen LogP) is 3.41. The van der Waals surface area contributed by atoms with Crippen LogP contribution in [-0.2, 0) is 11.3 Å². The van der Waals surface area contributed by atoms with Crippen LogP contribution in [0.5, 0.6) is 0 Å². The van der Waals surface area contributed by atoms with Crippen LogP contribution in [0.25, 0.3) is 17.0 Å². The molecule has 0 atom stereocenters. The first-order valence-electron chi connectivity index (χ1n) is 7.43. The van der Waals surface area contributed by atoms with Gasteiger partial charge in [-0.25, -0.2) is 0 Å². The highest BCUT2D eigenvalue weighted by atomic mass is 32.2. The number of para-hydroxylation sites is 1. The maximum absolute atomic E-state index is 11.8. The SMILES string of the molecule is O=C1NC(=O)/C(=C\c2cn(Cc3ccccn3)c3ccccc23)S1. The van der Waals surface area contributed by atoms with E-state index in [-0.39, 0.29) is 11.1 Å². The van der Waals surface area contributed by atoms with Gasteiger partial charge in [-0.05, 0) is 36.0 Å². The van der Waals surface area contributed by atoms with Gasteiger partial charge in [0.05, 0.1) is 17.1 Å². The van der Waals surface area contributed by atoms with Crippen LogP contribution >= 0.6 is 11.8 Å². The molecule has 1 aliphatic heterocycles. The summed E-state index contributed by atoms with van der Waals surface area (Å²) in [7, 11) is 0. The topological polar surface area (TPSA) is 64.0 Å². The predicted molar refractivity (Wildman–Crippen MR) is 94.4 cm³/mol. The summed E-state index contributed by atoms with van der Waals surface area (Å²) in [5.41, 5.74) is 2.93. The third-order valence-corrected chi connectivity index (χ3v) is 4.62. The van der Waals surface area contributed by atoms with Crippen LogP contribution in [0.2, 0.25) is 0 Å². The van der Waals surface area contributed by atoms with E-state index in [9.17, 15) is 9.59 Å². The minimum absolute atomic E-state index is 0.330. The van der Waals surface area contributed by atoms with Crippen molar-refractivity contribution in [2.75, 3.05) is 0 Å². The smallest absolute Gasteiger partial charge is 0.290 e. The van der Waals surface area contributed by atoms with Crippen molar-refractivity contribution in [3.63, 3.8) is 0 Å². The summed E-state index contributed by atoms with van der Waals surface area (Å²) in [6.45, 7) is 0.642. The van der Waals surface area contributed by atoms with Crippen molar-refractivity contribution in [3.8, 4) is 0 Å². The Labute approximate surface area is 142 Å². The molecular formula is C18H13N3O2S. The first kappa shape index (κ1) is 14.7. The molecule has 1 fully saturated rings. The molecule has 2 amide bonds. The van der Waals surface area contributed by atoms with E-state index in [1.54, 1.807) is 12.3 Å². The van der Waals surface area contributed by atoms with Gasteiger partial charge >= 0.3 is 0 Å². The fraction of sp³-hybridized carbons (Fsp3) is 0.0556. The number of nitrogens with zero attached hydrogens (tertiary/aromatic N) is 2. The zero-order chi connectivity index (χ0) is 16.5. The number of fused-ring (bicyclic) bond motifs is 1. The fourth-order valence-corrected chi connectivity index (χ4v) is 3.42. The monoisotopic (exact) mass is 335 g/mol. The highest BCUT2D eigenvalue weighted by Gasteiger charge is 2.25. The summed E-state index contributed by atoms with van der Waals surface area (Å²) >= 11 is 0.930. The summed E-state index contributed by atoms with van der Waals surface area (Å²) in [6, 6.07) is 13.8. The summed E-state index contributed by atoms with van der Waals surface area (Å²) in [4.78, 5) is 27.9. The summed E-state index contributed by atoms with van der Waals surface area (Å²) in [6.07, 6.45) is 5.53. The molecule has 3 aromatic rings. The normalized spacial score (nSPS) is 16.1. The number of aromatic nitrogens is 2. The van der Waals surface area contributed by atoms with Gasteiger partial charge < -0.3 is 4.57 Å². The standard InChI is InChI=1S/C18H13N3O2S/c22-17-16(24-18(23)20-17)9-12-10-21(11-13-5-3-4-8-19-13)15-7-2-1-6-14(12)15/h1-10H,11H2,(H,20,22,23)/b16-9+. The second kappa shape index (κ2) is 5.98. The number of carbonyl (C=O) groups is 2. The van der Waals surface area contributed by atoms with Gasteiger partial charge in [-0.15, -0.1) is 0 Å². The number of benzene rings is 1. The van der Waals surface area contributed by atoms with E-state index in [1.807, 2.05) is 48.7 Å². The van der Waals surface area contributed by atoms with E-state index in [2.05, 4.69) is 14.9 Å². The molecule has 6 heteroatoms. The van der Waals surface area contributed by atoms with Gasteiger partial charge in [0.1, 0.15) is 0 Å². The second-order valence-electron chi connectivity index (χ2n) is 5.40. The quantitative estimate of drug-likeness (QED) is 0.745. The molecule has 0 radical (unpaired) electrons. The lowest BCUT2D eigenvalue weighted by molar-refractivity contribution is -0.115. The molecule has 1 aliphatic rings. The maximum Gasteiger partial charge on any atom is 0.290 e. The van der Waals surface area contributed by atoms with Crippen LogP contribution in [0.3, 0.4) is 0 Å². The number of pyridine rings is 1. The fourth-order valence-electron chi connectivity index (χ4n) is 2.75. The minimum atomic E-state index is -0.341. The third kappa shape index (κ3) is 2.72. The van der Waals surface area contributed by atoms with Gasteiger partial charge in [-0.1, -0.05) is 24.3 Å². The Hall–Kier alpha value is -2.86. The number of hydrogen-bond donors (Lipinski definition) is 1. The average Bonchev–Trinajstić information content (AvgIpc) is 3.09. The number of carbonyl (C=O) groups excluding carboxylic acids is 2. The minimum Gasteiger partial charge on any atom is -0.341 e. The van der Waals surface area contributed by atoms with Gasteiger partial charge in [-0.3, -0.25) is 19.9 Å². The molecule has 0 aliphatic carbocycles. The largest absolute Gasteiger partial charge is 0.341 e. The number of amides is 2. The molecule has 24 heavy (non-hydrogen) atoms. The lowest BCUT2D eigenvalue weighted by Crippen LogP contribution is -2.17. The van der Waals surface area contributed by atoms with Crippen LogP contribution in [0.15, 0.2) is 59.8 Å². The molecular weight excluding hydrogens is 322 g/mol. The summed E-state index contributed by atoms with van der Waals surface area (Å²) in [5.74, 6) is -0.341. The van der Waals surface area contributed by atoms with Crippen molar-refractivity contribution in [2.45, 2.75) is 6.54 Å². The highest BCUT2D eigenvalue weighted by Crippen LogP contribution is 2.29. The molecule has 0 bridgehead atoms. The molecule has 0 unspecified atom stereocenters. The highest BCUT2D eigenvalue weighted by molar-refractivity contribution is 8.18. The number of rotatable bonds is 3. The van der Waals surface area contributed by atoms with Crippen molar-refractivity contribution in [1.29, 1.82) is 0 Å². The molecule has 0 spiro atoms. The Morgan fingerprint density at radius 1 is 1.12 bits per heavy atom. The Bertz CT molecular complexity index is 976. The molecule has 3 heterocycles. The lowest BCUT2D eigenvalue weighted by Gasteiger charge is -2.04. The van der Waals surface area contributed by atoms with E-state index in [0.717, 1.165) is 33.9 Å². The van der Waals surface area contributed by atoms with Crippen molar-refractivity contribution in [2.24, 2.45) is 0 Å². The van der Waals surface area contributed by atoms with Gasteiger partial charge in [-0.2, -0.15) is 0 Å². The molecule has 118 valence electrons. The van der Waals surface area contributed by atoms with Crippen LogP contribution in [0.1, 0.15) is 11.3 Å². The Morgan fingerprint density at radius 2 is 1.96 bits per heavy atom. The Morgan fingerprint density at radius 3 is 2.71 bits per heavy atom. The average molecular weight is 335 g/mol. The van der Waals surface area contributed by atoms with Crippen LogP contribution in [0.4, 0.5) is 4.79 Å². The van der Waals surface area contributed by atoms with E-state index >= 15 is 0 Å². The summed E-state index contributed by atoms with van der Waals surface area (Å²) < 4.78 is 2.10. The Kier molecular flexibility index (Phi) is 3.66. The summed E-state index contributed by atoms with van der Waals surface area (Å²) in [5, 5.41) is 2.99. The van der Waals surface area contributed by atoms with Crippen molar-refractivity contribution >= 4 is 39.9 Å². The van der Waals surface area contributed by atoms with Gasteiger partial charge in [0.15, 0.2) is 0 Å². The molecule has 1 saturated heterocycles. The van der Waals surface area contributed by atoms with E-state index in [1.165, 1.54) is 0 Å². The lowest BCUT2D eigenvalue weighted by atomic mass is 10.1. The van der Waals surface area contributed by atoms with E-state index < -0.39 is 0 Å². The number of nitrogens with one attached hydrogen (secondary N) is 1. The van der Waals surface area contributed by atoms with Crippen molar-refractivity contribution in [3.05, 3.63) is 71.0 Å². The zero-order valence-electron chi connectivity index (χ0n) is 12.6. The number of thioether (sulfide) groups is 1. The number of imide groups is 1. The second-order valence-corrected chi connectivity index (χ2v) is 6.42. The van der Waals surface area contributed by atoms with Gasteiger partial charge in [0, 0.05) is 28.9 Å². The van der Waals surface area contributed by atoms with Gasteiger partial charge in [0.2, 0.25) is 0 Å². The van der Waals surface area contributed by atoms with Crippen LogP contribution < -0.4 is 5.32 Å². The third-order valence-electron chi connectivity index (χ3n) is 3.81. The molecule has 1 aromatic carbocycles. The zero-order valence-corrected chi connectivity index (χ0v) is 13.4. The van der Waals surface area contributed by atoms with Crippen LogP contribution in [-0.4, -0.2) is 20.7 Å². The van der Waals surface area contributed by atoms with E-state index in [4.69, 9.17) is 0 Å². The van der Waals surface area contributed by atoms with Crippen molar-refractivity contribution in [1.82, 2.24) is 14.9 Å². The molecule has 5 nitrogen and oxygen atoms in total. The molecule has 0 saturated carbocycles. The van der Waals surface area contributed by atoms with Gasteiger partial charge in [0.25, 0.3) is 11.1 Å². The van der Waals surface area contributed by atoms with Crippen molar-refractivity contribution < 1.29 is 9.59 Å².